The van der Waals surface area contributed by atoms with Gasteiger partial charge in [0.25, 0.3) is 0 Å². The van der Waals surface area contributed by atoms with E-state index in [9.17, 15) is 18.0 Å². The Kier molecular flexibility index (Phi) is 5.74. The molecule has 4 aromatic rings. The van der Waals surface area contributed by atoms with Gasteiger partial charge in [0.2, 0.25) is 17.7 Å². The fourth-order valence-corrected chi connectivity index (χ4v) is 4.21. The molecule has 186 valence electrons. The van der Waals surface area contributed by atoms with Crippen LogP contribution >= 0.6 is 11.6 Å². The Morgan fingerprint density at radius 2 is 1.81 bits per heavy atom. The number of anilines is 5. The molecule has 0 saturated carbocycles. The van der Waals surface area contributed by atoms with Crippen molar-refractivity contribution in [3.63, 3.8) is 0 Å². The molecule has 2 aromatic carbocycles. The molecule has 3 heterocycles. The molecule has 36 heavy (non-hydrogen) atoms. The van der Waals surface area contributed by atoms with Crippen molar-refractivity contribution in [3.8, 4) is 0 Å². The minimum absolute atomic E-state index is 0.0118. The number of imidazole rings is 1. The van der Waals surface area contributed by atoms with E-state index in [1.807, 2.05) is 18.2 Å². The molecular weight excluding hydrogens is 495 g/mol. The van der Waals surface area contributed by atoms with Crippen molar-refractivity contribution >= 4 is 57.4 Å². The maximum atomic E-state index is 13.0. The number of amides is 1. The van der Waals surface area contributed by atoms with Crippen molar-refractivity contribution in [1.82, 2.24) is 19.9 Å². The first-order valence-corrected chi connectivity index (χ1v) is 11.4. The normalized spacial score (nSPS) is 15.2. The van der Waals surface area contributed by atoms with E-state index in [1.54, 1.807) is 6.07 Å². The summed E-state index contributed by atoms with van der Waals surface area (Å²) in [6, 6.07) is 10.1. The molecule has 5 rings (SSSR count). The molecule has 4 N–H and O–H groups in total. The Morgan fingerprint density at radius 1 is 1.06 bits per heavy atom. The molecule has 1 aliphatic rings. The minimum atomic E-state index is -4.57. The first-order chi connectivity index (χ1) is 17.0. The molecule has 0 fully saturated rings. The summed E-state index contributed by atoms with van der Waals surface area (Å²) in [7, 11) is 0. The third-order valence-electron chi connectivity index (χ3n) is 6.01. The lowest BCUT2D eigenvalue weighted by Gasteiger charge is -2.25. The average molecular weight is 516 g/mol. The Bertz CT molecular complexity index is 1480. The van der Waals surface area contributed by atoms with Crippen molar-refractivity contribution in [1.29, 1.82) is 0 Å². The fourth-order valence-electron chi connectivity index (χ4n) is 4.07. The minimum Gasteiger partial charge on any atom is -0.339 e. The molecule has 0 radical (unpaired) electrons. The van der Waals surface area contributed by atoms with Gasteiger partial charge in [0.1, 0.15) is 5.02 Å². The fraction of sp³-hybridized carbons (Fsp3) is 0.250. The summed E-state index contributed by atoms with van der Waals surface area (Å²) < 4.78 is 38.9. The first-order valence-electron chi connectivity index (χ1n) is 11.1. The maximum Gasteiger partial charge on any atom is 0.449 e. The van der Waals surface area contributed by atoms with Crippen LogP contribution in [0.2, 0.25) is 5.02 Å². The van der Waals surface area contributed by atoms with Gasteiger partial charge in [-0.15, -0.1) is 0 Å². The van der Waals surface area contributed by atoms with Crippen LogP contribution in [0.5, 0.6) is 0 Å². The van der Waals surface area contributed by atoms with E-state index in [4.69, 9.17) is 11.6 Å². The highest BCUT2D eigenvalue weighted by atomic mass is 35.5. The van der Waals surface area contributed by atoms with Crippen LogP contribution in [0.4, 0.5) is 42.0 Å². The summed E-state index contributed by atoms with van der Waals surface area (Å²) in [4.78, 5) is 26.5. The molecule has 0 unspecified atom stereocenters. The Balaban J connectivity index is 1.40. The molecule has 1 aliphatic heterocycles. The number of nitrogens with zero attached hydrogens (tertiary/aromatic N) is 3. The van der Waals surface area contributed by atoms with Crippen molar-refractivity contribution in [2.24, 2.45) is 0 Å². The number of carbonyl (C=O) groups is 1. The molecule has 0 atom stereocenters. The van der Waals surface area contributed by atoms with E-state index in [2.05, 4.69) is 49.7 Å². The zero-order chi connectivity index (χ0) is 25.7. The number of hydrogen-bond donors (Lipinski definition) is 4. The molecule has 0 bridgehead atoms. The number of rotatable bonds is 4. The smallest absolute Gasteiger partial charge is 0.339 e. The van der Waals surface area contributed by atoms with Gasteiger partial charge in [-0.3, -0.25) is 4.79 Å². The summed E-state index contributed by atoms with van der Waals surface area (Å²) in [5, 5.41) is 9.34. The van der Waals surface area contributed by atoms with Crippen molar-refractivity contribution < 1.29 is 18.0 Å². The van der Waals surface area contributed by atoms with Gasteiger partial charge in [-0.1, -0.05) is 25.4 Å². The van der Waals surface area contributed by atoms with E-state index >= 15 is 0 Å². The number of aromatic nitrogens is 4. The second-order valence-electron chi connectivity index (χ2n) is 9.15. The molecule has 8 nitrogen and oxygen atoms in total. The van der Waals surface area contributed by atoms with Crippen molar-refractivity contribution in [2.45, 2.75) is 38.3 Å². The number of alkyl halides is 3. The molecular formula is C24H21ClF3N7O. The Labute approximate surface area is 208 Å². The van der Waals surface area contributed by atoms with Crippen molar-refractivity contribution in [2.75, 3.05) is 16.0 Å². The number of H-pyrrole nitrogens is 1. The van der Waals surface area contributed by atoms with Gasteiger partial charge >= 0.3 is 6.18 Å². The van der Waals surface area contributed by atoms with Crippen LogP contribution in [0, 0.1) is 0 Å². The summed E-state index contributed by atoms with van der Waals surface area (Å²) in [5.41, 5.74) is 3.16. The first kappa shape index (κ1) is 23.9. The van der Waals surface area contributed by atoms with E-state index in [0.717, 1.165) is 16.9 Å². The number of benzene rings is 2. The van der Waals surface area contributed by atoms with Crippen LogP contribution in [-0.2, 0) is 16.4 Å². The van der Waals surface area contributed by atoms with E-state index < -0.39 is 12.0 Å². The molecule has 1 amide bonds. The van der Waals surface area contributed by atoms with Crippen LogP contribution in [0.15, 0.2) is 42.6 Å². The molecule has 2 aromatic heterocycles. The van der Waals surface area contributed by atoms with Gasteiger partial charge < -0.3 is 20.9 Å². The number of aromatic amines is 1. The van der Waals surface area contributed by atoms with E-state index in [0.29, 0.717) is 18.5 Å². The predicted octanol–water partition coefficient (Wildman–Crippen LogP) is 6.52. The highest BCUT2D eigenvalue weighted by Crippen LogP contribution is 2.38. The van der Waals surface area contributed by atoms with Crippen molar-refractivity contribution in [3.05, 3.63) is 59.0 Å². The number of nitrogens with one attached hydrogen (secondary N) is 4. The SMILES string of the molecule is CC1(C)CCC(=O)Nc2ccc(Nc3ncc(Cl)c(Nc4ccc5nc(C(F)(F)F)[nH]c5c4)n3)cc21. The highest BCUT2D eigenvalue weighted by Gasteiger charge is 2.34. The van der Waals surface area contributed by atoms with E-state index in [-0.39, 0.29) is 39.1 Å². The molecule has 0 saturated heterocycles. The average Bonchev–Trinajstić information content (AvgIpc) is 3.21. The summed E-state index contributed by atoms with van der Waals surface area (Å²) in [6.45, 7) is 4.18. The van der Waals surface area contributed by atoms with Gasteiger partial charge in [0, 0.05) is 23.5 Å². The lowest BCUT2D eigenvalue weighted by molar-refractivity contribution is -0.144. The second kappa shape index (κ2) is 8.66. The molecule has 0 spiro atoms. The monoisotopic (exact) mass is 515 g/mol. The molecule has 0 aliphatic carbocycles. The summed E-state index contributed by atoms with van der Waals surface area (Å²) in [6.07, 6.45) is -1.99. The Hall–Kier alpha value is -3.86. The van der Waals surface area contributed by atoms with Gasteiger partial charge in [0.15, 0.2) is 5.82 Å². The third kappa shape index (κ3) is 4.78. The lowest BCUT2D eigenvalue weighted by Crippen LogP contribution is -2.16. The van der Waals surface area contributed by atoms with Gasteiger partial charge in [0.05, 0.1) is 17.2 Å². The summed E-state index contributed by atoms with van der Waals surface area (Å²) >= 11 is 6.27. The van der Waals surface area contributed by atoms with Crippen LogP contribution in [0.1, 0.15) is 38.1 Å². The number of hydrogen-bond acceptors (Lipinski definition) is 6. The van der Waals surface area contributed by atoms with Crippen LogP contribution < -0.4 is 16.0 Å². The summed E-state index contributed by atoms with van der Waals surface area (Å²) in [5.74, 6) is -0.544. The number of fused-ring (bicyclic) bond motifs is 2. The zero-order valence-corrected chi connectivity index (χ0v) is 20.0. The van der Waals surface area contributed by atoms with E-state index in [1.165, 1.54) is 18.3 Å². The van der Waals surface area contributed by atoms with Crippen LogP contribution in [-0.4, -0.2) is 25.8 Å². The number of carbonyl (C=O) groups excluding carboxylic acids is 1. The molecule has 12 heteroatoms. The topological polar surface area (TPSA) is 108 Å². The highest BCUT2D eigenvalue weighted by molar-refractivity contribution is 6.32. The van der Waals surface area contributed by atoms with Crippen LogP contribution in [0.3, 0.4) is 0 Å². The largest absolute Gasteiger partial charge is 0.449 e. The quantitative estimate of drug-likeness (QED) is 0.246. The predicted molar refractivity (Wildman–Crippen MR) is 132 cm³/mol. The van der Waals surface area contributed by atoms with Gasteiger partial charge in [-0.05, 0) is 53.8 Å². The van der Waals surface area contributed by atoms with Crippen LogP contribution in [0.25, 0.3) is 11.0 Å². The maximum absolute atomic E-state index is 13.0. The van der Waals surface area contributed by atoms with Gasteiger partial charge in [-0.25, -0.2) is 9.97 Å². The second-order valence-corrected chi connectivity index (χ2v) is 9.55. The standard InChI is InChI=1S/C24H21ClF3N7O/c1-23(2)8-7-19(36)32-16-5-3-12(9-14(16)23)31-22-29-11-15(25)20(35-22)30-13-4-6-17-18(10-13)34-21(33-17)24(26,27)28/h3-6,9-11H,7-8H2,1-2H3,(H,32,36)(H,33,34)(H2,29,30,31,35). The number of halogens is 4. The van der Waals surface area contributed by atoms with Gasteiger partial charge in [-0.2, -0.15) is 18.2 Å². The lowest BCUT2D eigenvalue weighted by atomic mass is 9.80. The Morgan fingerprint density at radius 3 is 2.58 bits per heavy atom. The zero-order valence-electron chi connectivity index (χ0n) is 19.2. The third-order valence-corrected chi connectivity index (χ3v) is 6.29.